The van der Waals surface area contributed by atoms with Crippen LogP contribution in [-0.4, -0.2) is 32.1 Å². The van der Waals surface area contributed by atoms with Gasteiger partial charge in [0.1, 0.15) is 0 Å². The largest absolute Gasteiger partial charge is 0.318 e. The van der Waals surface area contributed by atoms with Crippen molar-refractivity contribution in [1.82, 2.24) is 10.2 Å². The van der Waals surface area contributed by atoms with Crippen molar-refractivity contribution in [3.63, 3.8) is 0 Å². The molecule has 1 aliphatic rings. The molecule has 1 aliphatic carbocycles. The minimum Gasteiger partial charge on any atom is -0.318 e. The molecule has 0 saturated heterocycles. The Morgan fingerprint density at radius 1 is 1.47 bits per heavy atom. The fourth-order valence-corrected chi connectivity index (χ4v) is 3.46. The first-order valence-corrected chi connectivity index (χ1v) is 6.55. The highest BCUT2D eigenvalue weighted by atomic mass is 32.1. The van der Waals surface area contributed by atoms with Gasteiger partial charge in [-0.2, -0.15) is 0 Å². The van der Waals surface area contributed by atoms with Crippen molar-refractivity contribution in [3.8, 4) is 0 Å². The van der Waals surface area contributed by atoms with Crippen molar-refractivity contribution in [2.75, 3.05) is 27.2 Å². The number of thiophene rings is 1. The normalized spacial score (nSPS) is 14.9. The Labute approximate surface area is 96.3 Å². The standard InChI is InChI=1S/C12H20N2S/c1-13-6-7-14(2)9-11-8-10-4-3-5-12(10)15-11/h8,13H,3-7,9H2,1-2H3. The minimum absolute atomic E-state index is 1.07. The monoisotopic (exact) mass is 224 g/mol. The maximum absolute atomic E-state index is 3.19. The summed E-state index contributed by atoms with van der Waals surface area (Å²) >= 11 is 2.02. The Kier molecular flexibility index (Phi) is 3.78. The van der Waals surface area contributed by atoms with E-state index in [1.807, 2.05) is 18.4 Å². The Balaban J connectivity index is 1.88. The van der Waals surface area contributed by atoms with Gasteiger partial charge in [0.25, 0.3) is 0 Å². The third kappa shape index (κ3) is 2.80. The molecule has 0 unspecified atom stereocenters. The van der Waals surface area contributed by atoms with Crippen molar-refractivity contribution in [2.45, 2.75) is 25.8 Å². The highest BCUT2D eigenvalue weighted by Crippen LogP contribution is 2.30. The highest BCUT2D eigenvalue weighted by molar-refractivity contribution is 7.12. The molecule has 0 fully saturated rings. The number of aryl methyl sites for hydroxylation is 2. The van der Waals surface area contributed by atoms with Gasteiger partial charge in [-0.25, -0.2) is 0 Å². The first-order chi connectivity index (χ1) is 7.29. The molecule has 84 valence electrons. The Morgan fingerprint density at radius 3 is 3.07 bits per heavy atom. The molecule has 0 bridgehead atoms. The van der Waals surface area contributed by atoms with E-state index in [1.54, 1.807) is 15.3 Å². The van der Waals surface area contributed by atoms with Crippen LogP contribution in [0.1, 0.15) is 21.7 Å². The van der Waals surface area contributed by atoms with Gasteiger partial charge in [-0.3, -0.25) is 0 Å². The molecule has 1 aromatic heterocycles. The summed E-state index contributed by atoms with van der Waals surface area (Å²) in [4.78, 5) is 5.57. The van der Waals surface area contributed by atoms with Crippen LogP contribution in [0.3, 0.4) is 0 Å². The maximum Gasteiger partial charge on any atom is 0.0325 e. The summed E-state index contributed by atoms with van der Waals surface area (Å²) in [5.41, 5.74) is 1.62. The molecule has 1 aromatic rings. The third-order valence-corrected chi connectivity index (χ3v) is 4.19. The maximum atomic E-state index is 3.19. The molecule has 0 saturated carbocycles. The van der Waals surface area contributed by atoms with Gasteiger partial charge in [0.2, 0.25) is 0 Å². The van der Waals surface area contributed by atoms with Crippen molar-refractivity contribution < 1.29 is 0 Å². The van der Waals surface area contributed by atoms with Gasteiger partial charge in [-0.1, -0.05) is 0 Å². The van der Waals surface area contributed by atoms with E-state index in [-0.39, 0.29) is 0 Å². The van der Waals surface area contributed by atoms with Gasteiger partial charge in [0.05, 0.1) is 0 Å². The van der Waals surface area contributed by atoms with Crippen LogP contribution in [0, 0.1) is 0 Å². The second-order valence-electron chi connectivity index (χ2n) is 4.36. The van der Waals surface area contributed by atoms with Gasteiger partial charge in [-0.15, -0.1) is 11.3 Å². The number of hydrogen-bond acceptors (Lipinski definition) is 3. The predicted molar refractivity (Wildman–Crippen MR) is 66.6 cm³/mol. The summed E-state index contributed by atoms with van der Waals surface area (Å²) in [5.74, 6) is 0. The van der Waals surface area contributed by atoms with Crippen LogP contribution >= 0.6 is 11.3 Å². The number of nitrogens with zero attached hydrogens (tertiary/aromatic N) is 1. The number of fused-ring (bicyclic) bond motifs is 1. The van der Waals surface area contributed by atoms with Crippen molar-refractivity contribution in [1.29, 1.82) is 0 Å². The first-order valence-electron chi connectivity index (χ1n) is 5.73. The fourth-order valence-electron chi connectivity index (χ4n) is 2.12. The van der Waals surface area contributed by atoms with E-state index in [2.05, 4.69) is 23.3 Å². The zero-order chi connectivity index (χ0) is 10.7. The zero-order valence-corrected chi connectivity index (χ0v) is 10.5. The van der Waals surface area contributed by atoms with Crippen LogP contribution in [0.25, 0.3) is 0 Å². The number of rotatable bonds is 5. The molecule has 3 heteroatoms. The van der Waals surface area contributed by atoms with Gasteiger partial charge in [-0.05, 0) is 45.0 Å². The number of hydrogen-bond donors (Lipinski definition) is 1. The van der Waals surface area contributed by atoms with Crippen molar-refractivity contribution >= 4 is 11.3 Å². The fraction of sp³-hybridized carbons (Fsp3) is 0.667. The van der Waals surface area contributed by atoms with E-state index in [1.165, 1.54) is 19.3 Å². The van der Waals surface area contributed by atoms with E-state index >= 15 is 0 Å². The molecule has 0 atom stereocenters. The second-order valence-corrected chi connectivity index (χ2v) is 5.58. The van der Waals surface area contributed by atoms with Crippen LogP contribution in [0.5, 0.6) is 0 Å². The average Bonchev–Trinajstić information content (AvgIpc) is 2.74. The average molecular weight is 224 g/mol. The van der Waals surface area contributed by atoms with Gasteiger partial charge in [0.15, 0.2) is 0 Å². The molecule has 2 rings (SSSR count). The number of likely N-dealkylation sites (N-methyl/N-ethyl adjacent to an activating group) is 2. The van der Waals surface area contributed by atoms with E-state index < -0.39 is 0 Å². The molecule has 0 radical (unpaired) electrons. The summed E-state index contributed by atoms with van der Waals surface area (Å²) in [5, 5.41) is 3.19. The summed E-state index contributed by atoms with van der Waals surface area (Å²) in [7, 11) is 4.20. The number of nitrogens with one attached hydrogen (secondary N) is 1. The molecule has 0 amide bonds. The first kappa shape index (κ1) is 11.1. The van der Waals surface area contributed by atoms with Gasteiger partial charge >= 0.3 is 0 Å². The summed E-state index contributed by atoms with van der Waals surface area (Å²) < 4.78 is 0. The van der Waals surface area contributed by atoms with Crippen molar-refractivity contribution in [2.24, 2.45) is 0 Å². The second kappa shape index (κ2) is 5.10. The van der Waals surface area contributed by atoms with Crippen LogP contribution in [0.15, 0.2) is 6.07 Å². The molecule has 0 aromatic carbocycles. The quantitative estimate of drug-likeness (QED) is 0.821. The van der Waals surface area contributed by atoms with E-state index in [0.717, 1.165) is 19.6 Å². The lowest BCUT2D eigenvalue weighted by atomic mass is 10.2. The lowest BCUT2D eigenvalue weighted by molar-refractivity contribution is 0.331. The van der Waals surface area contributed by atoms with Crippen LogP contribution < -0.4 is 5.32 Å². The molecular weight excluding hydrogens is 204 g/mol. The third-order valence-electron chi connectivity index (χ3n) is 2.97. The van der Waals surface area contributed by atoms with E-state index in [0.29, 0.717) is 0 Å². The van der Waals surface area contributed by atoms with Gasteiger partial charge in [0, 0.05) is 29.4 Å². The molecule has 15 heavy (non-hydrogen) atoms. The molecular formula is C12H20N2S. The molecule has 0 aliphatic heterocycles. The van der Waals surface area contributed by atoms with E-state index in [4.69, 9.17) is 0 Å². The zero-order valence-electron chi connectivity index (χ0n) is 9.68. The topological polar surface area (TPSA) is 15.3 Å². The predicted octanol–water partition coefficient (Wildman–Crippen LogP) is 1.89. The molecule has 0 spiro atoms. The smallest absolute Gasteiger partial charge is 0.0325 e. The Hall–Kier alpha value is -0.380. The van der Waals surface area contributed by atoms with Gasteiger partial charge < -0.3 is 10.2 Å². The Bertz CT molecular complexity index is 298. The molecule has 1 N–H and O–H groups in total. The lowest BCUT2D eigenvalue weighted by Crippen LogP contribution is -2.26. The lowest BCUT2D eigenvalue weighted by Gasteiger charge is -2.14. The molecule has 1 heterocycles. The minimum atomic E-state index is 1.07. The molecule has 2 nitrogen and oxygen atoms in total. The van der Waals surface area contributed by atoms with Crippen LogP contribution in [-0.2, 0) is 19.4 Å². The SMILES string of the molecule is CNCCN(C)Cc1cc2c(s1)CCC2. The summed E-state index contributed by atoms with van der Waals surface area (Å²) in [6.45, 7) is 3.31. The van der Waals surface area contributed by atoms with Crippen molar-refractivity contribution in [3.05, 3.63) is 21.4 Å². The van der Waals surface area contributed by atoms with Crippen LogP contribution in [0.2, 0.25) is 0 Å². The van der Waals surface area contributed by atoms with Crippen LogP contribution in [0.4, 0.5) is 0 Å². The summed E-state index contributed by atoms with van der Waals surface area (Å²) in [6, 6.07) is 2.42. The summed E-state index contributed by atoms with van der Waals surface area (Å²) in [6.07, 6.45) is 4.00. The van der Waals surface area contributed by atoms with E-state index in [9.17, 15) is 0 Å². The highest BCUT2D eigenvalue weighted by Gasteiger charge is 2.15. The Morgan fingerprint density at radius 2 is 2.33 bits per heavy atom.